The first-order valence-corrected chi connectivity index (χ1v) is 10.5. The third kappa shape index (κ3) is 4.86. The number of rotatable bonds is 5. The lowest BCUT2D eigenvalue weighted by atomic mass is 10.0. The number of carbonyl (C=O) groups is 2. The summed E-state index contributed by atoms with van der Waals surface area (Å²) in [5.74, 6) is -2.14. The third-order valence-corrected chi connectivity index (χ3v) is 6.06. The lowest BCUT2D eigenvalue weighted by Crippen LogP contribution is -2.47. The minimum atomic E-state index is -4.65. The molecule has 3 heterocycles. The SMILES string of the molecule is O=C(O)c1ccc(CN2CCN(C3CCN(c4ncc(C(F)(F)F)cc4F)CC3)C2=O)cc1. The van der Waals surface area contributed by atoms with Crippen LogP contribution in [0.1, 0.15) is 34.3 Å². The van der Waals surface area contributed by atoms with E-state index in [-0.39, 0.29) is 23.5 Å². The first kappa shape index (κ1) is 22.8. The number of hydrogen-bond donors (Lipinski definition) is 1. The fraction of sp³-hybridized carbons (Fsp3) is 0.409. The lowest BCUT2D eigenvalue weighted by Gasteiger charge is -2.37. The number of hydrogen-bond acceptors (Lipinski definition) is 4. The molecular weight excluding hydrogens is 444 g/mol. The van der Waals surface area contributed by atoms with Crippen molar-refractivity contribution in [1.82, 2.24) is 14.8 Å². The number of urea groups is 1. The summed E-state index contributed by atoms with van der Waals surface area (Å²) in [4.78, 5) is 32.6. The summed E-state index contributed by atoms with van der Waals surface area (Å²) >= 11 is 0. The summed E-state index contributed by atoms with van der Waals surface area (Å²) < 4.78 is 52.5. The van der Waals surface area contributed by atoms with Gasteiger partial charge in [0.15, 0.2) is 11.6 Å². The number of carbonyl (C=O) groups excluding carboxylic acids is 1. The summed E-state index contributed by atoms with van der Waals surface area (Å²) in [7, 11) is 0. The van der Waals surface area contributed by atoms with Crippen LogP contribution in [0.15, 0.2) is 36.5 Å². The molecular formula is C22H22F4N4O3. The number of nitrogens with zero attached hydrogens (tertiary/aromatic N) is 4. The molecule has 0 unspecified atom stereocenters. The second kappa shape index (κ2) is 8.87. The molecule has 1 aromatic carbocycles. The van der Waals surface area contributed by atoms with Crippen LogP contribution in [0.2, 0.25) is 0 Å². The van der Waals surface area contributed by atoms with Crippen LogP contribution in [-0.2, 0) is 12.7 Å². The van der Waals surface area contributed by atoms with E-state index in [1.54, 1.807) is 26.8 Å². The number of pyridine rings is 1. The molecule has 0 radical (unpaired) electrons. The Morgan fingerprint density at radius 1 is 1.09 bits per heavy atom. The van der Waals surface area contributed by atoms with Crippen LogP contribution >= 0.6 is 0 Å². The number of alkyl halides is 3. The van der Waals surface area contributed by atoms with E-state index in [1.807, 2.05) is 0 Å². The fourth-order valence-corrected chi connectivity index (χ4v) is 4.27. The van der Waals surface area contributed by atoms with Crippen LogP contribution in [-0.4, -0.2) is 64.1 Å². The van der Waals surface area contributed by atoms with Gasteiger partial charge in [-0.3, -0.25) is 0 Å². The molecule has 2 aromatic rings. The standard InChI is InChI=1S/C22H22F4N4O3/c23-18-11-16(22(24,25)26)12-27-19(18)28-7-5-17(6-8-28)30-10-9-29(21(30)33)13-14-1-3-15(4-2-14)20(31)32/h1-4,11-12,17H,5-10,13H2,(H,31,32). The summed E-state index contributed by atoms with van der Waals surface area (Å²) in [5.41, 5.74) is -0.119. The van der Waals surface area contributed by atoms with E-state index in [0.717, 1.165) is 5.56 Å². The van der Waals surface area contributed by atoms with Crippen molar-refractivity contribution in [3.05, 3.63) is 59.0 Å². The molecule has 0 atom stereocenters. The van der Waals surface area contributed by atoms with Crippen molar-refractivity contribution in [2.75, 3.05) is 31.1 Å². The van der Waals surface area contributed by atoms with Crippen LogP contribution in [0.25, 0.3) is 0 Å². The van der Waals surface area contributed by atoms with Crippen molar-refractivity contribution in [2.45, 2.75) is 31.6 Å². The third-order valence-electron chi connectivity index (χ3n) is 6.06. The minimum absolute atomic E-state index is 0.0503. The van der Waals surface area contributed by atoms with Crippen molar-refractivity contribution in [2.24, 2.45) is 0 Å². The highest BCUT2D eigenvalue weighted by Crippen LogP contribution is 2.32. The van der Waals surface area contributed by atoms with Crippen molar-refractivity contribution in [3.8, 4) is 0 Å². The van der Waals surface area contributed by atoms with E-state index < -0.39 is 23.5 Å². The zero-order valence-electron chi connectivity index (χ0n) is 17.6. The number of aromatic nitrogens is 1. The lowest BCUT2D eigenvalue weighted by molar-refractivity contribution is -0.138. The van der Waals surface area contributed by atoms with E-state index in [0.29, 0.717) is 57.8 Å². The molecule has 2 aliphatic rings. The fourth-order valence-electron chi connectivity index (χ4n) is 4.27. The number of carboxylic acid groups (broad SMARTS) is 1. The average Bonchev–Trinajstić information content (AvgIpc) is 3.13. The number of carboxylic acids is 1. The quantitative estimate of drug-likeness (QED) is 0.678. The van der Waals surface area contributed by atoms with E-state index >= 15 is 0 Å². The van der Waals surface area contributed by atoms with Gasteiger partial charge in [0.1, 0.15) is 0 Å². The number of amides is 2. The van der Waals surface area contributed by atoms with Gasteiger partial charge in [-0.1, -0.05) is 12.1 Å². The second-order valence-corrected chi connectivity index (χ2v) is 8.15. The van der Waals surface area contributed by atoms with Crippen LogP contribution in [0, 0.1) is 5.82 Å². The van der Waals surface area contributed by atoms with Crippen molar-refractivity contribution >= 4 is 17.8 Å². The zero-order chi connectivity index (χ0) is 23.8. The summed E-state index contributed by atoms with van der Waals surface area (Å²) in [5, 5.41) is 8.99. The highest BCUT2D eigenvalue weighted by molar-refractivity contribution is 5.87. The van der Waals surface area contributed by atoms with Gasteiger partial charge in [0, 0.05) is 45.0 Å². The molecule has 33 heavy (non-hydrogen) atoms. The van der Waals surface area contributed by atoms with Gasteiger partial charge in [-0.2, -0.15) is 13.2 Å². The molecule has 2 aliphatic heterocycles. The molecule has 0 spiro atoms. The van der Waals surface area contributed by atoms with E-state index in [9.17, 15) is 27.2 Å². The highest BCUT2D eigenvalue weighted by Gasteiger charge is 2.36. The van der Waals surface area contributed by atoms with Gasteiger partial charge in [0.25, 0.3) is 0 Å². The molecule has 4 rings (SSSR count). The van der Waals surface area contributed by atoms with Crippen LogP contribution in [0.3, 0.4) is 0 Å². The first-order valence-electron chi connectivity index (χ1n) is 10.5. The summed E-state index contributed by atoms with van der Waals surface area (Å²) in [6, 6.07) is 6.66. The molecule has 0 saturated carbocycles. The Balaban J connectivity index is 1.34. The topological polar surface area (TPSA) is 77.0 Å². The number of anilines is 1. The number of halogens is 4. The molecule has 1 aromatic heterocycles. The number of aromatic carboxylic acids is 1. The van der Waals surface area contributed by atoms with Crippen molar-refractivity contribution in [1.29, 1.82) is 0 Å². The Kier molecular flexibility index (Phi) is 6.13. The van der Waals surface area contributed by atoms with Crippen molar-refractivity contribution < 1.29 is 32.3 Å². The van der Waals surface area contributed by atoms with Gasteiger partial charge in [-0.15, -0.1) is 0 Å². The molecule has 0 aliphatic carbocycles. The van der Waals surface area contributed by atoms with E-state index in [2.05, 4.69) is 4.98 Å². The molecule has 2 amide bonds. The normalized spacial score (nSPS) is 17.7. The maximum absolute atomic E-state index is 14.2. The first-order chi connectivity index (χ1) is 15.6. The Labute approximate surface area is 187 Å². The van der Waals surface area contributed by atoms with Crippen LogP contribution in [0.5, 0.6) is 0 Å². The van der Waals surface area contributed by atoms with Crippen LogP contribution < -0.4 is 4.90 Å². The van der Waals surface area contributed by atoms with E-state index in [4.69, 9.17) is 5.11 Å². The Morgan fingerprint density at radius 2 is 1.76 bits per heavy atom. The van der Waals surface area contributed by atoms with Gasteiger partial charge in [-0.05, 0) is 36.6 Å². The predicted molar refractivity (Wildman–Crippen MR) is 110 cm³/mol. The monoisotopic (exact) mass is 466 g/mol. The molecule has 11 heteroatoms. The van der Waals surface area contributed by atoms with E-state index in [1.165, 1.54) is 12.1 Å². The van der Waals surface area contributed by atoms with Gasteiger partial charge >= 0.3 is 18.2 Å². The Bertz CT molecular complexity index is 1040. The number of benzene rings is 1. The Morgan fingerprint density at radius 3 is 2.33 bits per heavy atom. The molecule has 2 saturated heterocycles. The molecule has 2 fully saturated rings. The van der Waals surface area contributed by atoms with Crippen molar-refractivity contribution in [3.63, 3.8) is 0 Å². The van der Waals surface area contributed by atoms with Gasteiger partial charge < -0.3 is 19.8 Å². The Hall–Kier alpha value is -3.37. The smallest absolute Gasteiger partial charge is 0.417 e. The van der Waals surface area contributed by atoms with Crippen LogP contribution in [0.4, 0.5) is 28.2 Å². The summed E-state index contributed by atoms with van der Waals surface area (Å²) in [6.45, 7) is 2.20. The molecule has 1 N–H and O–H groups in total. The highest BCUT2D eigenvalue weighted by atomic mass is 19.4. The molecule has 0 bridgehead atoms. The van der Waals surface area contributed by atoms with Gasteiger partial charge in [-0.25, -0.2) is 19.0 Å². The number of piperidine rings is 1. The van der Waals surface area contributed by atoms with Gasteiger partial charge in [0.2, 0.25) is 0 Å². The molecule has 7 nitrogen and oxygen atoms in total. The second-order valence-electron chi connectivity index (χ2n) is 8.15. The maximum Gasteiger partial charge on any atom is 0.417 e. The zero-order valence-corrected chi connectivity index (χ0v) is 17.6. The predicted octanol–water partition coefficient (Wildman–Crippen LogP) is 3.84. The summed E-state index contributed by atoms with van der Waals surface area (Å²) in [6.07, 6.45) is -2.92. The maximum atomic E-state index is 14.2. The molecule has 176 valence electrons. The largest absolute Gasteiger partial charge is 0.478 e. The van der Waals surface area contributed by atoms with Gasteiger partial charge in [0.05, 0.1) is 11.1 Å². The minimum Gasteiger partial charge on any atom is -0.478 e. The average molecular weight is 466 g/mol.